The van der Waals surface area contributed by atoms with Crippen molar-refractivity contribution in [3.8, 4) is 0 Å². The molecule has 10 atom stereocenters. The first kappa shape index (κ1) is 26.9. The van der Waals surface area contributed by atoms with Crippen LogP contribution in [-0.2, 0) is 42.7 Å². The summed E-state index contributed by atoms with van der Waals surface area (Å²) in [6, 6.07) is 0. The molecule has 9 heteroatoms. The van der Waals surface area contributed by atoms with Crippen molar-refractivity contribution in [2.45, 2.75) is 107 Å². The predicted molar refractivity (Wildman–Crippen MR) is 134 cm³/mol. The zero-order valence-electron chi connectivity index (χ0n) is 23.1. The van der Waals surface area contributed by atoms with Crippen LogP contribution < -0.4 is 0 Å². The standard InChI is InChI=1S/C29H44O9/c1-27-6-4-18(12-22(27)36-27)16-32-8-10-34-25(30)20-14-24-29(3,38-24)15-21(20)26(31)35-11-9-33-17-19-5-7-28(2)23(13-19)37-28/h18-24H,4-17H2,1-3H3. The number of fused-ring (bicyclic) bond motifs is 3. The van der Waals surface area contributed by atoms with E-state index >= 15 is 0 Å². The fourth-order valence-electron chi connectivity index (χ4n) is 7.11. The van der Waals surface area contributed by atoms with Crippen LogP contribution in [0.15, 0.2) is 0 Å². The average Bonchev–Trinajstić information content (AvgIpc) is 3.82. The lowest BCUT2D eigenvalue weighted by atomic mass is 9.74. The maximum Gasteiger partial charge on any atom is 0.310 e. The first-order valence-electron chi connectivity index (χ1n) is 14.7. The second kappa shape index (κ2) is 10.3. The molecule has 3 aliphatic heterocycles. The minimum Gasteiger partial charge on any atom is -0.463 e. The first-order chi connectivity index (χ1) is 18.2. The van der Waals surface area contributed by atoms with Crippen molar-refractivity contribution in [3.05, 3.63) is 0 Å². The quantitative estimate of drug-likeness (QED) is 0.211. The lowest BCUT2D eigenvalue weighted by Crippen LogP contribution is -2.41. The van der Waals surface area contributed by atoms with Crippen LogP contribution >= 0.6 is 0 Å². The average molecular weight is 537 g/mol. The summed E-state index contributed by atoms with van der Waals surface area (Å²) in [6.45, 7) is 8.77. The Morgan fingerprint density at radius 3 is 1.66 bits per heavy atom. The summed E-state index contributed by atoms with van der Waals surface area (Å²) in [7, 11) is 0. The molecule has 3 heterocycles. The van der Waals surface area contributed by atoms with E-state index in [1.54, 1.807) is 0 Å². The van der Waals surface area contributed by atoms with Gasteiger partial charge in [0.2, 0.25) is 0 Å². The van der Waals surface area contributed by atoms with E-state index < -0.39 is 11.8 Å². The fourth-order valence-corrected chi connectivity index (χ4v) is 7.11. The van der Waals surface area contributed by atoms with Crippen LogP contribution in [0.25, 0.3) is 0 Å². The van der Waals surface area contributed by atoms with E-state index in [-0.39, 0.29) is 48.1 Å². The summed E-state index contributed by atoms with van der Waals surface area (Å²) in [5, 5.41) is 0. The highest BCUT2D eigenvalue weighted by atomic mass is 16.6. The molecule has 0 N–H and O–H groups in total. The van der Waals surface area contributed by atoms with Gasteiger partial charge in [-0.25, -0.2) is 0 Å². The maximum absolute atomic E-state index is 13.0. The highest BCUT2D eigenvalue weighted by Gasteiger charge is 2.62. The monoisotopic (exact) mass is 536 g/mol. The third kappa shape index (κ3) is 5.78. The zero-order valence-corrected chi connectivity index (χ0v) is 23.1. The Labute approximate surface area is 225 Å². The van der Waals surface area contributed by atoms with E-state index in [4.69, 9.17) is 33.2 Å². The normalized spacial score (nSPS) is 46.2. The predicted octanol–water partition coefficient (Wildman–Crippen LogP) is 3.20. The van der Waals surface area contributed by atoms with Gasteiger partial charge in [-0.3, -0.25) is 9.59 Å². The van der Waals surface area contributed by atoms with Crippen molar-refractivity contribution < 1.29 is 42.7 Å². The number of hydrogen-bond donors (Lipinski definition) is 0. The van der Waals surface area contributed by atoms with Crippen LogP contribution in [0.4, 0.5) is 0 Å². The van der Waals surface area contributed by atoms with E-state index in [0.29, 0.717) is 63.3 Å². The molecule has 0 radical (unpaired) electrons. The maximum atomic E-state index is 13.0. The van der Waals surface area contributed by atoms with Gasteiger partial charge in [-0.05, 0) is 84.0 Å². The van der Waals surface area contributed by atoms with Crippen molar-refractivity contribution >= 4 is 11.9 Å². The number of ether oxygens (including phenoxy) is 7. The molecule has 214 valence electrons. The number of hydrogen-bond acceptors (Lipinski definition) is 9. The molecule has 6 fully saturated rings. The molecular formula is C29H44O9. The van der Waals surface area contributed by atoms with Crippen molar-refractivity contribution in [2.24, 2.45) is 23.7 Å². The molecule has 10 unspecified atom stereocenters. The van der Waals surface area contributed by atoms with Gasteiger partial charge in [0.15, 0.2) is 0 Å². The zero-order chi connectivity index (χ0) is 26.5. The van der Waals surface area contributed by atoms with E-state index in [2.05, 4.69) is 13.8 Å². The number of carbonyl (C=O) groups is 2. The van der Waals surface area contributed by atoms with E-state index in [0.717, 1.165) is 38.5 Å². The molecule has 9 nitrogen and oxygen atoms in total. The second-order valence-corrected chi connectivity index (χ2v) is 13.2. The van der Waals surface area contributed by atoms with E-state index in [1.165, 1.54) is 0 Å². The van der Waals surface area contributed by atoms with Gasteiger partial charge in [-0.1, -0.05) is 0 Å². The summed E-state index contributed by atoms with van der Waals surface area (Å²) < 4.78 is 40.0. The Hall–Kier alpha value is -1.26. The smallest absolute Gasteiger partial charge is 0.310 e. The fraction of sp³-hybridized carbons (Fsp3) is 0.931. The van der Waals surface area contributed by atoms with Crippen molar-refractivity contribution in [2.75, 3.05) is 39.6 Å². The van der Waals surface area contributed by atoms with Crippen LogP contribution in [0.2, 0.25) is 0 Å². The van der Waals surface area contributed by atoms with Gasteiger partial charge in [-0.15, -0.1) is 0 Å². The molecule has 6 rings (SSSR count). The Balaban J connectivity index is 0.882. The topological polar surface area (TPSA) is 109 Å². The van der Waals surface area contributed by atoms with Gasteiger partial charge >= 0.3 is 11.9 Å². The highest BCUT2D eigenvalue weighted by Crippen LogP contribution is 2.52. The lowest BCUT2D eigenvalue weighted by molar-refractivity contribution is -0.164. The second-order valence-electron chi connectivity index (χ2n) is 13.2. The number of esters is 2. The summed E-state index contributed by atoms with van der Waals surface area (Å²) in [5.41, 5.74) is -0.120. The SMILES string of the molecule is CC12CCC(COCCOC(=O)C3CC4OC4(C)CC3C(=O)OCCOCC3CCC4(C)OC4C3)CC1O2. The molecule has 3 saturated carbocycles. The van der Waals surface area contributed by atoms with Crippen LogP contribution in [0, 0.1) is 23.7 Å². The van der Waals surface area contributed by atoms with Gasteiger partial charge in [0.25, 0.3) is 0 Å². The molecule has 0 bridgehead atoms. The first-order valence-corrected chi connectivity index (χ1v) is 14.7. The van der Waals surface area contributed by atoms with Crippen LogP contribution in [0.5, 0.6) is 0 Å². The highest BCUT2D eigenvalue weighted by molar-refractivity contribution is 5.83. The largest absolute Gasteiger partial charge is 0.463 e. The van der Waals surface area contributed by atoms with Gasteiger partial charge in [0, 0.05) is 13.2 Å². The van der Waals surface area contributed by atoms with Crippen molar-refractivity contribution in [1.82, 2.24) is 0 Å². The van der Waals surface area contributed by atoms with Crippen LogP contribution in [-0.4, -0.2) is 86.7 Å². The van der Waals surface area contributed by atoms with Crippen molar-refractivity contribution in [1.29, 1.82) is 0 Å². The van der Waals surface area contributed by atoms with Gasteiger partial charge < -0.3 is 33.2 Å². The third-order valence-corrected chi connectivity index (χ3v) is 10.1. The van der Waals surface area contributed by atoms with Gasteiger partial charge in [0.05, 0.1) is 60.2 Å². The summed E-state index contributed by atoms with van der Waals surface area (Å²) in [6.07, 6.45) is 8.20. The Bertz CT molecular complexity index is 910. The Morgan fingerprint density at radius 1 is 0.658 bits per heavy atom. The van der Waals surface area contributed by atoms with Gasteiger partial charge in [0.1, 0.15) is 13.2 Å². The molecule has 6 aliphatic rings. The molecule has 38 heavy (non-hydrogen) atoms. The van der Waals surface area contributed by atoms with Crippen LogP contribution in [0.1, 0.15) is 72.1 Å². The Morgan fingerprint density at radius 2 is 1.13 bits per heavy atom. The minimum absolute atomic E-state index is 0.00175. The molecular weight excluding hydrogens is 492 g/mol. The molecule has 0 aromatic rings. The molecule has 0 spiro atoms. The third-order valence-electron chi connectivity index (χ3n) is 10.1. The number of epoxide rings is 3. The molecule has 3 aliphatic carbocycles. The molecule has 0 amide bonds. The van der Waals surface area contributed by atoms with Crippen molar-refractivity contribution in [3.63, 3.8) is 0 Å². The van der Waals surface area contributed by atoms with E-state index in [9.17, 15) is 9.59 Å². The summed E-state index contributed by atoms with van der Waals surface area (Å²) >= 11 is 0. The summed E-state index contributed by atoms with van der Waals surface area (Å²) in [5.74, 6) is -0.845. The van der Waals surface area contributed by atoms with Crippen LogP contribution in [0.3, 0.4) is 0 Å². The summed E-state index contributed by atoms with van der Waals surface area (Å²) in [4.78, 5) is 25.9. The van der Waals surface area contributed by atoms with Gasteiger partial charge in [-0.2, -0.15) is 0 Å². The Kier molecular flexibility index (Phi) is 7.30. The molecule has 3 saturated heterocycles. The molecule has 0 aromatic heterocycles. The minimum atomic E-state index is -0.565. The molecule has 0 aromatic carbocycles. The number of rotatable bonds is 12. The van der Waals surface area contributed by atoms with E-state index in [1.807, 2.05) is 6.92 Å². The number of carbonyl (C=O) groups excluding carboxylic acids is 2. The lowest BCUT2D eigenvalue weighted by Gasteiger charge is -2.29.